The fourth-order valence-electron chi connectivity index (χ4n) is 1.55. The van der Waals surface area contributed by atoms with Gasteiger partial charge in [-0.25, -0.2) is 9.97 Å². The third kappa shape index (κ3) is 2.43. The van der Waals surface area contributed by atoms with Gasteiger partial charge < -0.3 is 10.1 Å². The van der Waals surface area contributed by atoms with Crippen molar-refractivity contribution in [3.8, 4) is 17.9 Å². The molecule has 0 aliphatic carbocycles. The summed E-state index contributed by atoms with van der Waals surface area (Å²) >= 11 is 0. The maximum atomic E-state index is 9.10. The lowest BCUT2D eigenvalue weighted by Gasteiger charge is -2.12. The Labute approximate surface area is 109 Å². The van der Waals surface area contributed by atoms with Gasteiger partial charge in [-0.3, -0.25) is 0 Å². The van der Waals surface area contributed by atoms with Gasteiger partial charge in [0.2, 0.25) is 0 Å². The summed E-state index contributed by atoms with van der Waals surface area (Å²) in [5, 5.41) is 21.0. The molecule has 0 aliphatic heterocycles. The van der Waals surface area contributed by atoms with E-state index < -0.39 is 0 Å². The molecule has 6 heteroatoms. The second-order valence-electron chi connectivity index (χ2n) is 3.48. The molecule has 19 heavy (non-hydrogen) atoms. The van der Waals surface area contributed by atoms with Crippen LogP contribution in [0.15, 0.2) is 30.6 Å². The molecule has 1 N–H and O–H groups in total. The van der Waals surface area contributed by atoms with Crippen LogP contribution in [0.1, 0.15) is 11.3 Å². The van der Waals surface area contributed by atoms with Crippen LogP contribution in [0.5, 0.6) is 5.75 Å². The number of nitrogens with one attached hydrogen (secondary N) is 1. The summed E-state index contributed by atoms with van der Waals surface area (Å²) in [5.74, 6) is 0.777. The van der Waals surface area contributed by atoms with Crippen LogP contribution in [0.2, 0.25) is 0 Å². The minimum absolute atomic E-state index is 0.150. The first-order valence-corrected chi connectivity index (χ1v) is 5.35. The lowest BCUT2D eigenvalue weighted by Crippen LogP contribution is -2.02. The topological polar surface area (TPSA) is 94.6 Å². The standard InChI is InChI=1S/C13H9N5O/c1-19-11-4-2-3-9(7-14)12(11)18-13-10(8-15)16-5-6-17-13/h2-6H,1H3,(H,17,18). The van der Waals surface area contributed by atoms with Crippen molar-refractivity contribution >= 4 is 11.5 Å². The number of aromatic nitrogens is 2. The second-order valence-corrected chi connectivity index (χ2v) is 3.48. The molecule has 6 nitrogen and oxygen atoms in total. The van der Waals surface area contributed by atoms with E-state index in [1.165, 1.54) is 19.5 Å². The van der Waals surface area contributed by atoms with E-state index in [-0.39, 0.29) is 11.5 Å². The van der Waals surface area contributed by atoms with Crippen molar-refractivity contribution < 1.29 is 4.74 Å². The number of anilines is 2. The van der Waals surface area contributed by atoms with Gasteiger partial charge in [-0.2, -0.15) is 10.5 Å². The van der Waals surface area contributed by atoms with Crippen molar-refractivity contribution in [2.75, 3.05) is 12.4 Å². The molecule has 1 aromatic carbocycles. The van der Waals surface area contributed by atoms with Crippen LogP contribution in [-0.4, -0.2) is 17.1 Å². The van der Waals surface area contributed by atoms with Gasteiger partial charge in [0.25, 0.3) is 0 Å². The van der Waals surface area contributed by atoms with E-state index in [9.17, 15) is 0 Å². The molecule has 0 spiro atoms. The number of hydrogen-bond acceptors (Lipinski definition) is 6. The zero-order valence-corrected chi connectivity index (χ0v) is 10.1. The Morgan fingerprint density at radius 2 is 1.95 bits per heavy atom. The van der Waals surface area contributed by atoms with E-state index in [0.717, 1.165) is 0 Å². The monoisotopic (exact) mass is 251 g/mol. The number of nitrogens with zero attached hydrogens (tertiary/aromatic N) is 4. The molecule has 0 bridgehead atoms. The van der Waals surface area contributed by atoms with Gasteiger partial charge in [0.1, 0.15) is 23.6 Å². The van der Waals surface area contributed by atoms with Crippen LogP contribution in [0.25, 0.3) is 0 Å². The van der Waals surface area contributed by atoms with Gasteiger partial charge in [-0.15, -0.1) is 0 Å². The first-order valence-electron chi connectivity index (χ1n) is 5.35. The van der Waals surface area contributed by atoms with E-state index in [1.807, 2.05) is 6.07 Å². The molecule has 92 valence electrons. The molecular weight excluding hydrogens is 242 g/mol. The number of hydrogen-bond donors (Lipinski definition) is 1. The van der Waals surface area contributed by atoms with E-state index >= 15 is 0 Å². The van der Waals surface area contributed by atoms with Gasteiger partial charge in [-0.05, 0) is 12.1 Å². The van der Waals surface area contributed by atoms with Crippen LogP contribution in [-0.2, 0) is 0 Å². The summed E-state index contributed by atoms with van der Waals surface area (Å²) in [4.78, 5) is 7.93. The first kappa shape index (κ1) is 12.3. The number of rotatable bonds is 3. The summed E-state index contributed by atoms with van der Waals surface area (Å²) in [6.45, 7) is 0. The average Bonchev–Trinajstić information content (AvgIpc) is 2.48. The van der Waals surface area contributed by atoms with Gasteiger partial charge in [0.05, 0.1) is 12.7 Å². The highest BCUT2D eigenvalue weighted by Gasteiger charge is 2.12. The van der Waals surface area contributed by atoms with Gasteiger partial charge in [-0.1, -0.05) is 6.07 Å². The van der Waals surface area contributed by atoms with E-state index in [2.05, 4.69) is 21.4 Å². The van der Waals surface area contributed by atoms with Crippen molar-refractivity contribution in [1.29, 1.82) is 10.5 Å². The SMILES string of the molecule is COc1cccc(C#N)c1Nc1nccnc1C#N. The summed E-state index contributed by atoms with van der Waals surface area (Å²) < 4.78 is 5.19. The minimum atomic E-state index is 0.150. The first-order chi connectivity index (χ1) is 9.30. The van der Waals surface area contributed by atoms with E-state index in [0.29, 0.717) is 17.0 Å². The number of ether oxygens (including phenoxy) is 1. The van der Waals surface area contributed by atoms with Crippen LogP contribution in [0, 0.1) is 22.7 Å². The van der Waals surface area contributed by atoms with Crippen molar-refractivity contribution in [2.45, 2.75) is 0 Å². The zero-order valence-electron chi connectivity index (χ0n) is 10.1. The fraction of sp³-hybridized carbons (Fsp3) is 0.0769. The molecule has 0 saturated carbocycles. The predicted molar refractivity (Wildman–Crippen MR) is 67.7 cm³/mol. The average molecular weight is 251 g/mol. The molecule has 0 amide bonds. The van der Waals surface area contributed by atoms with Gasteiger partial charge >= 0.3 is 0 Å². The number of methoxy groups -OCH3 is 1. The lowest BCUT2D eigenvalue weighted by atomic mass is 10.1. The Hall–Kier alpha value is -3.12. The number of para-hydroxylation sites is 1. The maximum Gasteiger partial charge on any atom is 0.183 e. The molecule has 0 unspecified atom stereocenters. The van der Waals surface area contributed by atoms with Crippen LogP contribution < -0.4 is 10.1 Å². The predicted octanol–water partition coefficient (Wildman–Crippen LogP) is 1.97. The molecule has 0 radical (unpaired) electrons. The Morgan fingerprint density at radius 1 is 1.16 bits per heavy atom. The normalized spacial score (nSPS) is 9.21. The Balaban J connectivity index is 2.50. The number of nitriles is 2. The molecule has 1 aromatic heterocycles. The van der Waals surface area contributed by atoms with Crippen LogP contribution in [0.3, 0.4) is 0 Å². The fourth-order valence-corrected chi connectivity index (χ4v) is 1.55. The third-order valence-electron chi connectivity index (χ3n) is 2.41. The molecule has 0 fully saturated rings. The molecule has 0 atom stereocenters. The lowest BCUT2D eigenvalue weighted by molar-refractivity contribution is 0.416. The Morgan fingerprint density at radius 3 is 2.63 bits per heavy atom. The Bertz CT molecular complexity index is 684. The highest BCUT2D eigenvalue weighted by atomic mass is 16.5. The van der Waals surface area contributed by atoms with Gasteiger partial charge in [0, 0.05) is 12.4 Å². The smallest absolute Gasteiger partial charge is 0.183 e. The Kier molecular flexibility index (Phi) is 3.56. The molecule has 1 heterocycles. The molecule has 0 aliphatic rings. The van der Waals surface area contributed by atoms with Crippen LogP contribution in [0.4, 0.5) is 11.5 Å². The maximum absolute atomic E-state index is 9.10. The largest absolute Gasteiger partial charge is 0.495 e. The van der Waals surface area contributed by atoms with E-state index in [4.69, 9.17) is 15.3 Å². The minimum Gasteiger partial charge on any atom is -0.495 e. The van der Waals surface area contributed by atoms with Crippen LogP contribution >= 0.6 is 0 Å². The summed E-state index contributed by atoms with van der Waals surface area (Å²) in [6.07, 6.45) is 2.89. The molecule has 0 saturated heterocycles. The van der Waals surface area contributed by atoms with Crippen molar-refractivity contribution in [2.24, 2.45) is 0 Å². The van der Waals surface area contributed by atoms with Crippen molar-refractivity contribution in [1.82, 2.24) is 9.97 Å². The molecule has 2 rings (SSSR count). The second kappa shape index (κ2) is 5.48. The number of benzene rings is 1. The highest BCUT2D eigenvalue weighted by molar-refractivity contribution is 5.73. The van der Waals surface area contributed by atoms with Gasteiger partial charge in [0.15, 0.2) is 11.5 Å². The third-order valence-corrected chi connectivity index (χ3v) is 2.41. The molecular formula is C13H9N5O. The molecule has 2 aromatic rings. The van der Waals surface area contributed by atoms with E-state index in [1.54, 1.807) is 18.2 Å². The summed E-state index contributed by atoms with van der Waals surface area (Å²) in [7, 11) is 1.50. The van der Waals surface area contributed by atoms with Crippen molar-refractivity contribution in [3.05, 3.63) is 41.9 Å². The zero-order chi connectivity index (χ0) is 13.7. The summed E-state index contributed by atoms with van der Waals surface area (Å²) in [6, 6.07) is 9.06. The van der Waals surface area contributed by atoms with Crippen molar-refractivity contribution in [3.63, 3.8) is 0 Å². The quantitative estimate of drug-likeness (QED) is 0.896. The summed E-state index contributed by atoms with van der Waals surface area (Å²) in [5.41, 5.74) is 1.01. The highest BCUT2D eigenvalue weighted by Crippen LogP contribution is 2.30.